The van der Waals surface area contributed by atoms with Crippen LogP contribution in [0.25, 0.3) is 0 Å². The second-order valence-corrected chi connectivity index (χ2v) is 7.13. The predicted octanol–water partition coefficient (Wildman–Crippen LogP) is 5.71. The molecule has 0 aliphatic carbocycles. The van der Waals surface area contributed by atoms with Crippen molar-refractivity contribution < 1.29 is 4.74 Å². The lowest BCUT2D eigenvalue weighted by molar-refractivity contribution is 0.417. The molecule has 0 aliphatic heterocycles. The summed E-state index contributed by atoms with van der Waals surface area (Å²) in [5.74, 6) is 1.10. The number of para-hydroxylation sites is 2. The molecule has 0 saturated heterocycles. The molecule has 27 heavy (non-hydrogen) atoms. The van der Waals surface area contributed by atoms with Gasteiger partial charge in [0.1, 0.15) is 10.8 Å². The number of benzene rings is 2. The van der Waals surface area contributed by atoms with Gasteiger partial charge in [-0.25, -0.2) is 0 Å². The summed E-state index contributed by atoms with van der Waals surface area (Å²) in [6, 6.07) is 12.8. The minimum absolute atomic E-state index is 0.336. The number of rotatable bonds is 5. The summed E-state index contributed by atoms with van der Waals surface area (Å²) in [6.45, 7) is 0.382. The minimum atomic E-state index is 0.336. The van der Waals surface area contributed by atoms with Crippen molar-refractivity contribution in [3.8, 4) is 5.75 Å². The third kappa shape index (κ3) is 4.84. The second-order valence-electron chi connectivity index (χ2n) is 5.50. The first-order valence-corrected chi connectivity index (χ1v) is 9.39. The number of nitrogens with zero attached hydrogens (tertiary/aromatic N) is 2. The Morgan fingerprint density at radius 1 is 1.04 bits per heavy atom. The fraction of sp³-hybridized carbons (Fsp3) is 0.111. The van der Waals surface area contributed by atoms with E-state index >= 15 is 0 Å². The van der Waals surface area contributed by atoms with Gasteiger partial charge in [-0.3, -0.25) is 4.68 Å². The first kappa shape index (κ1) is 19.8. The minimum Gasteiger partial charge on any atom is -0.495 e. The number of methoxy groups -OCH3 is 1. The Hall–Kier alpha value is -1.99. The molecule has 5 nitrogen and oxygen atoms in total. The first-order chi connectivity index (χ1) is 13.0. The van der Waals surface area contributed by atoms with Gasteiger partial charge in [0, 0.05) is 21.8 Å². The van der Waals surface area contributed by atoms with Gasteiger partial charge >= 0.3 is 0 Å². The van der Waals surface area contributed by atoms with Crippen LogP contribution in [0.1, 0.15) is 5.56 Å². The SMILES string of the molecule is COc1ccccc1NC(=S)Nc1nn(Cc2c(Cl)cccc2Cl)cc1Cl. The number of thiocarbonyl (C=S) groups is 1. The molecule has 0 aliphatic rings. The van der Waals surface area contributed by atoms with E-state index < -0.39 is 0 Å². The molecule has 2 N–H and O–H groups in total. The maximum Gasteiger partial charge on any atom is 0.176 e. The third-order valence-electron chi connectivity index (χ3n) is 3.69. The average Bonchev–Trinajstić information content (AvgIpc) is 2.98. The topological polar surface area (TPSA) is 51.1 Å². The number of ether oxygens (including phenoxy) is 1. The second kappa shape index (κ2) is 8.80. The van der Waals surface area contributed by atoms with E-state index in [9.17, 15) is 0 Å². The predicted molar refractivity (Wildman–Crippen MR) is 116 cm³/mol. The summed E-state index contributed by atoms with van der Waals surface area (Å²) in [4.78, 5) is 0. The Bertz CT molecular complexity index is 957. The van der Waals surface area contributed by atoms with Crippen LogP contribution < -0.4 is 15.4 Å². The summed E-state index contributed by atoms with van der Waals surface area (Å²) in [5.41, 5.74) is 1.50. The summed E-state index contributed by atoms with van der Waals surface area (Å²) >= 11 is 24.0. The van der Waals surface area contributed by atoms with E-state index in [1.165, 1.54) is 0 Å². The number of hydrogen-bond acceptors (Lipinski definition) is 3. The summed E-state index contributed by atoms with van der Waals surface area (Å²) in [6.07, 6.45) is 1.68. The normalized spacial score (nSPS) is 10.5. The van der Waals surface area contributed by atoms with Gasteiger partial charge in [-0.2, -0.15) is 5.10 Å². The lowest BCUT2D eigenvalue weighted by Gasteiger charge is -2.12. The van der Waals surface area contributed by atoms with Crippen LogP contribution in [0.15, 0.2) is 48.7 Å². The van der Waals surface area contributed by atoms with Crippen LogP contribution in [-0.4, -0.2) is 22.0 Å². The highest BCUT2D eigenvalue weighted by Crippen LogP contribution is 2.27. The average molecular weight is 442 g/mol. The molecule has 0 saturated carbocycles. The molecule has 2 aromatic carbocycles. The van der Waals surface area contributed by atoms with Crippen LogP contribution >= 0.6 is 47.0 Å². The Morgan fingerprint density at radius 3 is 2.44 bits per heavy atom. The lowest BCUT2D eigenvalue weighted by Crippen LogP contribution is -2.20. The zero-order valence-electron chi connectivity index (χ0n) is 14.2. The molecule has 0 fully saturated rings. The van der Waals surface area contributed by atoms with Gasteiger partial charge in [0.25, 0.3) is 0 Å². The van der Waals surface area contributed by atoms with Crippen molar-refractivity contribution in [1.82, 2.24) is 9.78 Å². The van der Waals surface area contributed by atoms with Crippen LogP contribution in [0.4, 0.5) is 11.5 Å². The molecule has 1 heterocycles. The largest absolute Gasteiger partial charge is 0.495 e. The van der Waals surface area contributed by atoms with Crippen LogP contribution in [0, 0.1) is 0 Å². The molecule has 3 aromatic rings. The Labute approximate surface area is 177 Å². The van der Waals surface area contributed by atoms with Crippen LogP contribution in [0.5, 0.6) is 5.75 Å². The van der Waals surface area contributed by atoms with E-state index in [1.807, 2.05) is 24.3 Å². The van der Waals surface area contributed by atoms with Gasteiger partial charge < -0.3 is 15.4 Å². The van der Waals surface area contributed by atoms with E-state index in [1.54, 1.807) is 36.2 Å². The van der Waals surface area contributed by atoms with Crippen molar-refractivity contribution in [3.63, 3.8) is 0 Å². The Kier molecular flexibility index (Phi) is 6.44. The van der Waals surface area contributed by atoms with Crippen molar-refractivity contribution >= 4 is 63.6 Å². The molecule has 0 amide bonds. The van der Waals surface area contributed by atoms with Gasteiger partial charge in [0.05, 0.1) is 19.3 Å². The highest BCUT2D eigenvalue weighted by atomic mass is 35.5. The quantitative estimate of drug-likeness (QED) is 0.497. The molecule has 1 aromatic heterocycles. The smallest absolute Gasteiger partial charge is 0.176 e. The molecule has 0 radical (unpaired) electrons. The zero-order valence-corrected chi connectivity index (χ0v) is 17.3. The lowest BCUT2D eigenvalue weighted by atomic mass is 10.2. The van der Waals surface area contributed by atoms with Crippen molar-refractivity contribution in [2.24, 2.45) is 0 Å². The van der Waals surface area contributed by atoms with Gasteiger partial charge in [-0.05, 0) is 36.5 Å². The fourth-order valence-electron chi connectivity index (χ4n) is 2.42. The standard InChI is InChI=1S/C18H15Cl3N4OS/c1-26-16-8-3-2-7-15(16)22-18(27)23-17-14(21)10-25(24-17)9-11-12(19)5-4-6-13(11)20/h2-8,10H,9H2,1H3,(H2,22,23,24,27). The van der Waals surface area contributed by atoms with Crippen LogP contribution in [-0.2, 0) is 6.54 Å². The van der Waals surface area contributed by atoms with Gasteiger partial charge in [-0.15, -0.1) is 0 Å². The molecular formula is C18H15Cl3N4OS. The maximum atomic E-state index is 6.27. The van der Waals surface area contributed by atoms with E-state index in [0.717, 1.165) is 11.3 Å². The summed E-state index contributed by atoms with van der Waals surface area (Å²) in [5, 5.41) is 12.3. The summed E-state index contributed by atoms with van der Waals surface area (Å²) in [7, 11) is 1.59. The monoisotopic (exact) mass is 440 g/mol. The van der Waals surface area contributed by atoms with Gasteiger partial charge in [-0.1, -0.05) is 53.0 Å². The number of halogens is 3. The number of hydrogen-bond donors (Lipinski definition) is 2. The molecule has 0 atom stereocenters. The van der Waals surface area contributed by atoms with E-state index in [-0.39, 0.29) is 0 Å². The zero-order chi connectivity index (χ0) is 19.4. The first-order valence-electron chi connectivity index (χ1n) is 7.85. The molecular weight excluding hydrogens is 427 g/mol. The van der Waals surface area contributed by atoms with Crippen molar-refractivity contribution in [3.05, 3.63) is 69.3 Å². The van der Waals surface area contributed by atoms with Gasteiger partial charge in [0.2, 0.25) is 0 Å². The van der Waals surface area contributed by atoms with E-state index in [4.69, 9.17) is 51.8 Å². The van der Waals surface area contributed by atoms with Crippen LogP contribution in [0.2, 0.25) is 15.1 Å². The Morgan fingerprint density at radius 2 is 1.74 bits per heavy atom. The highest BCUT2D eigenvalue weighted by molar-refractivity contribution is 7.80. The van der Waals surface area contributed by atoms with Crippen molar-refractivity contribution in [1.29, 1.82) is 0 Å². The molecule has 140 valence electrons. The van der Waals surface area contributed by atoms with E-state index in [2.05, 4.69) is 15.7 Å². The van der Waals surface area contributed by atoms with Crippen molar-refractivity contribution in [2.45, 2.75) is 6.54 Å². The number of anilines is 2. The Balaban J connectivity index is 1.72. The molecule has 9 heteroatoms. The highest BCUT2D eigenvalue weighted by Gasteiger charge is 2.12. The van der Waals surface area contributed by atoms with Crippen molar-refractivity contribution in [2.75, 3.05) is 17.7 Å². The van der Waals surface area contributed by atoms with Crippen LogP contribution in [0.3, 0.4) is 0 Å². The maximum absolute atomic E-state index is 6.27. The van der Waals surface area contributed by atoms with E-state index in [0.29, 0.717) is 38.3 Å². The molecule has 0 unspecified atom stereocenters. The fourth-order valence-corrected chi connectivity index (χ4v) is 3.34. The molecule has 0 bridgehead atoms. The number of aromatic nitrogens is 2. The number of nitrogens with one attached hydrogen (secondary N) is 2. The third-order valence-corrected chi connectivity index (χ3v) is 4.87. The summed E-state index contributed by atoms with van der Waals surface area (Å²) < 4.78 is 6.93. The molecule has 0 spiro atoms. The molecule has 3 rings (SSSR count). The van der Waals surface area contributed by atoms with Gasteiger partial charge in [0.15, 0.2) is 10.9 Å².